The number of nitrogens with one attached hydrogen (secondary N) is 2. The normalized spacial score (nSPS) is 11.3. The summed E-state index contributed by atoms with van der Waals surface area (Å²) in [4.78, 5) is 11.7. The Balaban J connectivity index is 2.43. The van der Waals surface area contributed by atoms with E-state index in [1.54, 1.807) is 6.92 Å². The molecule has 9 heteroatoms. The lowest BCUT2D eigenvalue weighted by atomic mass is 10.5. The largest absolute Gasteiger partial charge is 0.360 e. The van der Waals surface area contributed by atoms with E-state index in [2.05, 4.69) is 20.8 Å². The van der Waals surface area contributed by atoms with Crippen molar-refractivity contribution in [3.05, 3.63) is 5.01 Å². The predicted octanol–water partition coefficient (Wildman–Crippen LogP) is 0.524. The molecule has 0 fully saturated rings. The van der Waals surface area contributed by atoms with E-state index in [9.17, 15) is 13.2 Å². The van der Waals surface area contributed by atoms with Crippen molar-refractivity contribution in [3.8, 4) is 0 Å². The van der Waals surface area contributed by atoms with E-state index in [0.717, 1.165) is 24.3 Å². The lowest BCUT2D eigenvalue weighted by Gasteiger charge is -2.02. The van der Waals surface area contributed by atoms with Crippen LogP contribution in [-0.4, -0.2) is 49.1 Å². The third-order valence-electron chi connectivity index (χ3n) is 2.28. The summed E-state index contributed by atoms with van der Waals surface area (Å²) in [7, 11) is -3.06. The molecule has 1 aromatic heterocycles. The van der Waals surface area contributed by atoms with Gasteiger partial charge in [0.1, 0.15) is 0 Å². The number of amides is 1. The fraction of sp³-hybridized carbons (Fsp3) is 0.700. The maximum absolute atomic E-state index is 11.7. The molecule has 1 heterocycles. The summed E-state index contributed by atoms with van der Waals surface area (Å²) in [5, 5.41) is 13.9. The van der Waals surface area contributed by atoms with Gasteiger partial charge in [-0.1, -0.05) is 25.2 Å². The average molecular weight is 306 g/mol. The number of hydrogen-bond donors (Lipinski definition) is 2. The maximum atomic E-state index is 11.7. The number of carbonyl (C=O) groups excluding carboxylic acids is 1. The molecule has 0 atom stereocenters. The van der Waals surface area contributed by atoms with Crippen LogP contribution >= 0.6 is 11.3 Å². The Bertz CT molecular complexity index is 513. The molecule has 0 unspecified atom stereocenters. The molecule has 0 bridgehead atoms. The zero-order chi connectivity index (χ0) is 14.3. The molecule has 7 nitrogen and oxygen atoms in total. The van der Waals surface area contributed by atoms with Gasteiger partial charge in [0.25, 0.3) is 5.91 Å². The van der Waals surface area contributed by atoms with Crippen molar-refractivity contribution in [2.45, 2.75) is 20.3 Å². The molecule has 0 aliphatic carbocycles. The van der Waals surface area contributed by atoms with E-state index in [-0.39, 0.29) is 23.1 Å². The van der Waals surface area contributed by atoms with Crippen LogP contribution in [0.15, 0.2) is 0 Å². The third kappa shape index (κ3) is 5.52. The third-order valence-corrected chi connectivity index (χ3v) is 4.87. The number of aromatic nitrogens is 2. The second-order valence-electron chi connectivity index (χ2n) is 3.83. The topological polar surface area (TPSA) is 101 Å². The Hall–Kier alpha value is -1.22. The molecular weight excluding hydrogens is 288 g/mol. The summed E-state index contributed by atoms with van der Waals surface area (Å²) in [6, 6.07) is 0. The first-order valence-electron chi connectivity index (χ1n) is 6.04. The summed E-state index contributed by atoms with van der Waals surface area (Å²) < 4.78 is 22.5. The van der Waals surface area contributed by atoms with Gasteiger partial charge in [0.15, 0.2) is 9.84 Å². The van der Waals surface area contributed by atoms with E-state index < -0.39 is 15.7 Å². The van der Waals surface area contributed by atoms with E-state index in [1.165, 1.54) is 0 Å². The quantitative estimate of drug-likeness (QED) is 0.726. The minimum Gasteiger partial charge on any atom is -0.360 e. The van der Waals surface area contributed by atoms with Crippen LogP contribution in [0.2, 0.25) is 0 Å². The minimum atomic E-state index is -3.06. The summed E-state index contributed by atoms with van der Waals surface area (Å²) in [6.45, 7) is 4.46. The van der Waals surface area contributed by atoms with Crippen molar-refractivity contribution in [1.29, 1.82) is 0 Å². The highest BCUT2D eigenvalue weighted by Gasteiger charge is 2.13. The summed E-state index contributed by atoms with van der Waals surface area (Å²) >= 11 is 1.15. The van der Waals surface area contributed by atoms with Gasteiger partial charge in [0.2, 0.25) is 10.1 Å². The fourth-order valence-electron chi connectivity index (χ4n) is 1.16. The van der Waals surface area contributed by atoms with Gasteiger partial charge in [-0.3, -0.25) is 4.79 Å². The second-order valence-corrected chi connectivity index (χ2v) is 7.28. The van der Waals surface area contributed by atoms with Gasteiger partial charge in [-0.2, -0.15) is 0 Å². The van der Waals surface area contributed by atoms with Gasteiger partial charge in [0, 0.05) is 18.8 Å². The summed E-state index contributed by atoms with van der Waals surface area (Å²) in [5.41, 5.74) is 0. The van der Waals surface area contributed by atoms with Gasteiger partial charge < -0.3 is 10.6 Å². The highest BCUT2D eigenvalue weighted by atomic mass is 32.2. The maximum Gasteiger partial charge on any atom is 0.282 e. The van der Waals surface area contributed by atoms with Crippen molar-refractivity contribution >= 4 is 32.2 Å². The first-order valence-corrected chi connectivity index (χ1v) is 8.68. The number of anilines is 1. The van der Waals surface area contributed by atoms with Crippen LogP contribution in [-0.2, 0) is 9.84 Å². The van der Waals surface area contributed by atoms with Crippen LogP contribution < -0.4 is 10.6 Å². The summed E-state index contributed by atoms with van der Waals surface area (Å²) in [6.07, 6.45) is 0.954. The van der Waals surface area contributed by atoms with Gasteiger partial charge in [-0.25, -0.2) is 8.42 Å². The smallest absolute Gasteiger partial charge is 0.282 e. The van der Waals surface area contributed by atoms with Crippen molar-refractivity contribution in [3.63, 3.8) is 0 Å². The lowest BCUT2D eigenvalue weighted by molar-refractivity contribution is 0.0955. The predicted molar refractivity (Wildman–Crippen MR) is 75.4 cm³/mol. The number of nitrogens with zero attached hydrogens (tertiary/aromatic N) is 2. The molecule has 0 aliphatic heterocycles. The number of hydrogen-bond acceptors (Lipinski definition) is 7. The van der Waals surface area contributed by atoms with Gasteiger partial charge in [-0.05, 0) is 6.42 Å². The minimum absolute atomic E-state index is 0.0605. The van der Waals surface area contributed by atoms with Crippen LogP contribution in [0.4, 0.5) is 5.13 Å². The van der Waals surface area contributed by atoms with Gasteiger partial charge in [0.05, 0.1) is 5.75 Å². The molecule has 0 aliphatic rings. The first-order chi connectivity index (χ1) is 8.98. The number of carbonyl (C=O) groups is 1. The molecule has 0 radical (unpaired) electrons. The highest BCUT2D eigenvalue weighted by molar-refractivity contribution is 7.91. The molecule has 108 valence electrons. The molecule has 19 heavy (non-hydrogen) atoms. The van der Waals surface area contributed by atoms with Crippen LogP contribution in [0, 0.1) is 0 Å². The fourth-order valence-corrected chi connectivity index (χ4v) is 2.55. The van der Waals surface area contributed by atoms with E-state index >= 15 is 0 Å². The molecule has 1 rings (SSSR count). The Labute approximate surface area is 116 Å². The van der Waals surface area contributed by atoms with Crippen molar-refractivity contribution in [2.75, 3.05) is 29.9 Å². The number of rotatable bonds is 8. The van der Waals surface area contributed by atoms with Crippen molar-refractivity contribution < 1.29 is 13.2 Å². The van der Waals surface area contributed by atoms with E-state index in [4.69, 9.17) is 0 Å². The standard InChI is InChI=1S/C10H18N4O3S2/c1-3-5-12-10-14-13-9(18-10)8(15)11-6-7-19(16,17)4-2/h3-7H2,1-2H3,(H,11,15)(H,12,14). The molecule has 0 spiro atoms. The second kappa shape index (κ2) is 7.39. The Morgan fingerprint density at radius 3 is 2.63 bits per heavy atom. The van der Waals surface area contributed by atoms with Crippen molar-refractivity contribution in [2.24, 2.45) is 0 Å². The summed E-state index contributed by atoms with van der Waals surface area (Å²) in [5.74, 6) is -0.379. The number of sulfone groups is 1. The first kappa shape index (κ1) is 15.8. The average Bonchev–Trinajstić information content (AvgIpc) is 2.85. The molecule has 0 saturated carbocycles. The zero-order valence-corrected chi connectivity index (χ0v) is 12.6. The molecular formula is C10H18N4O3S2. The van der Waals surface area contributed by atoms with E-state index in [1.807, 2.05) is 6.92 Å². The van der Waals surface area contributed by atoms with Crippen molar-refractivity contribution in [1.82, 2.24) is 15.5 Å². The van der Waals surface area contributed by atoms with Crippen LogP contribution in [0.3, 0.4) is 0 Å². The molecule has 1 amide bonds. The molecule has 2 N–H and O–H groups in total. The van der Waals surface area contributed by atoms with Gasteiger partial charge >= 0.3 is 0 Å². The van der Waals surface area contributed by atoms with Gasteiger partial charge in [-0.15, -0.1) is 10.2 Å². The zero-order valence-electron chi connectivity index (χ0n) is 11.0. The van der Waals surface area contributed by atoms with Crippen LogP contribution in [0.1, 0.15) is 30.1 Å². The Morgan fingerprint density at radius 1 is 1.26 bits per heavy atom. The SMILES string of the molecule is CCCNc1nnc(C(=O)NCCS(=O)(=O)CC)s1. The highest BCUT2D eigenvalue weighted by Crippen LogP contribution is 2.14. The molecule has 0 aromatic carbocycles. The van der Waals surface area contributed by atoms with E-state index in [0.29, 0.717) is 5.13 Å². The molecule has 0 saturated heterocycles. The monoisotopic (exact) mass is 306 g/mol. The Kier molecular flexibility index (Phi) is 6.16. The van der Waals surface area contributed by atoms with Crippen LogP contribution in [0.5, 0.6) is 0 Å². The van der Waals surface area contributed by atoms with Crippen LogP contribution in [0.25, 0.3) is 0 Å². The Morgan fingerprint density at radius 2 is 2.00 bits per heavy atom. The molecule has 1 aromatic rings. The lowest BCUT2D eigenvalue weighted by Crippen LogP contribution is -2.29.